The van der Waals surface area contributed by atoms with E-state index >= 15 is 0 Å². The number of rotatable bonds is 2. The molecule has 124 valence electrons. The maximum Gasteiger partial charge on any atom is 0.294 e. The quantitative estimate of drug-likeness (QED) is 0.350. The summed E-state index contributed by atoms with van der Waals surface area (Å²) in [5.41, 5.74) is 9.00. The highest BCUT2D eigenvalue weighted by atomic mass is 79.9. The molecule has 25 heavy (non-hydrogen) atoms. The van der Waals surface area contributed by atoms with Crippen molar-refractivity contribution >= 4 is 49.4 Å². The fourth-order valence-electron chi connectivity index (χ4n) is 2.79. The molecule has 2 heterocycles. The largest absolute Gasteiger partial charge is 0.449 e. The van der Waals surface area contributed by atoms with Gasteiger partial charge in [0.2, 0.25) is 5.58 Å². The van der Waals surface area contributed by atoms with Gasteiger partial charge in [-0.15, -0.1) is 0 Å². The number of hydrogen-bond donors (Lipinski definition) is 3. The Morgan fingerprint density at radius 1 is 1.28 bits per heavy atom. The molecule has 0 aliphatic carbocycles. The van der Waals surface area contributed by atoms with E-state index in [1.807, 2.05) is 12.1 Å². The summed E-state index contributed by atoms with van der Waals surface area (Å²) < 4.78 is 6.50. The molecule has 0 fully saturated rings. The third-order valence-corrected chi connectivity index (χ3v) is 4.51. The fraction of sp³-hybridized carbons (Fsp3) is 0.0556. The molecule has 0 aliphatic heterocycles. The van der Waals surface area contributed by atoms with Crippen LogP contribution in [0.1, 0.15) is 12.5 Å². The first-order valence-electron chi connectivity index (χ1n) is 7.51. The number of benzene rings is 2. The Balaban J connectivity index is 2.02. The minimum absolute atomic E-state index is 0.191. The van der Waals surface area contributed by atoms with Gasteiger partial charge in [-0.25, -0.2) is 4.98 Å². The monoisotopic (exact) mass is 396 g/mol. The second kappa shape index (κ2) is 5.56. The number of furan rings is 1. The third kappa shape index (κ3) is 2.53. The first-order valence-corrected chi connectivity index (χ1v) is 8.31. The standard InChI is InChI=1S/C18H13BrN4O2/c1-8(20)11-6-9(2-4-13(11)21)17-22-15-12-7-10(19)3-5-14(12)25-16(15)18(24)23-17/h2-7,20H,21H2,1H3,(H,22,23,24). The number of hydrogen-bond acceptors (Lipinski definition) is 5. The van der Waals surface area contributed by atoms with Crippen LogP contribution >= 0.6 is 15.9 Å². The Hall–Kier alpha value is -2.93. The Bertz CT molecular complexity index is 1220. The van der Waals surface area contributed by atoms with E-state index < -0.39 is 0 Å². The highest BCUT2D eigenvalue weighted by molar-refractivity contribution is 9.10. The molecule has 7 heteroatoms. The maximum atomic E-state index is 12.4. The van der Waals surface area contributed by atoms with E-state index in [9.17, 15) is 4.79 Å². The summed E-state index contributed by atoms with van der Waals surface area (Å²) in [7, 11) is 0. The zero-order chi connectivity index (χ0) is 17.7. The van der Waals surface area contributed by atoms with E-state index in [-0.39, 0.29) is 11.1 Å². The van der Waals surface area contributed by atoms with E-state index in [0.717, 1.165) is 9.86 Å². The minimum atomic E-state index is -0.350. The van der Waals surface area contributed by atoms with Crippen LogP contribution in [0, 0.1) is 5.41 Å². The number of halogens is 1. The molecule has 0 saturated carbocycles. The Morgan fingerprint density at radius 2 is 2.08 bits per heavy atom. The van der Waals surface area contributed by atoms with E-state index in [1.54, 1.807) is 31.2 Å². The van der Waals surface area contributed by atoms with E-state index in [0.29, 0.717) is 39.5 Å². The molecule has 2 aromatic carbocycles. The van der Waals surface area contributed by atoms with Crippen LogP contribution in [0.25, 0.3) is 33.5 Å². The zero-order valence-corrected chi connectivity index (χ0v) is 14.8. The Labute approximate surface area is 150 Å². The van der Waals surface area contributed by atoms with Crippen LogP contribution < -0.4 is 11.3 Å². The van der Waals surface area contributed by atoms with Gasteiger partial charge in [-0.3, -0.25) is 4.79 Å². The zero-order valence-electron chi connectivity index (χ0n) is 13.2. The topological polar surface area (TPSA) is 109 Å². The summed E-state index contributed by atoms with van der Waals surface area (Å²) in [6, 6.07) is 10.7. The molecular weight excluding hydrogens is 384 g/mol. The van der Waals surface area contributed by atoms with Crippen molar-refractivity contribution < 1.29 is 4.42 Å². The summed E-state index contributed by atoms with van der Waals surface area (Å²) in [6.07, 6.45) is 0. The van der Waals surface area contributed by atoms with Crippen molar-refractivity contribution in [3.8, 4) is 11.4 Å². The minimum Gasteiger partial charge on any atom is -0.449 e. The van der Waals surface area contributed by atoms with Crippen LogP contribution in [0.3, 0.4) is 0 Å². The molecule has 0 atom stereocenters. The van der Waals surface area contributed by atoms with Gasteiger partial charge in [0.25, 0.3) is 5.56 Å². The number of nitrogen functional groups attached to an aromatic ring is 1. The molecule has 2 aromatic heterocycles. The lowest BCUT2D eigenvalue weighted by Crippen LogP contribution is -2.09. The lowest BCUT2D eigenvalue weighted by atomic mass is 10.0. The average Bonchev–Trinajstić information content (AvgIpc) is 2.93. The van der Waals surface area contributed by atoms with Crippen LogP contribution in [0.4, 0.5) is 5.69 Å². The molecule has 0 amide bonds. The SMILES string of the molecule is CC(=N)c1cc(-c2nc3c(oc4ccc(Br)cc43)c(=O)[nH]2)ccc1N. The van der Waals surface area contributed by atoms with Crippen molar-refractivity contribution in [2.75, 3.05) is 5.73 Å². The van der Waals surface area contributed by atoms with Crippen LogP contribution in [-0.2, 0) is 0 Å². The van der Waals surface area contributed by atoms with Gasteiger partial charge in [0.1, 0.15) is 16.9 Å². The van der Waals surface area contributed by atoms with Gasteiger partial charge in [-0.1, -0.05) is 15.9 Å². The van der Waals surface area contributed by atoms with Gasteiger partial charge in [0.15, 0.2) is 0 Å². The molecule has 0 bridgehead atoms. The van der Waals surface area contributed by atoms with E-state index in [2.05, 4.69) is 25.9 Å². The van der Waals surface area contributed by atoms with Crippen molar-refractivity contribution in [2.24, 2.45) is 0 Å². The summed E-state index contributed by atoms with van der Waals surface area (Å²) in [5, 5.41) is 8.58. The van der Waals surface area contributed by atoms with Gasteiger partial charge in [-0.2, -0.15) is 0 Å². The van der Waals surface area contributed by atoms with Crippen molar-refractivity contribution in [2.45, 2.75) is 6.92 Å². The predicted octanol–water partition coefficient (Wildman–Crippen LogP) is 4.07. The number of nitrogens with two attached hydrogens (primary N) is 1. The highest BCUT2D eigenvalue weighted by Crippen LogP contribution is 2.29. The summed E-state index contributed by atoms with van der Waals surface area (Å²) in [6.45, 7) is 1.66. The van der Waals surface area contributed by atoms with E-state index in [1.165, 1.54) is 0 Å². The number of H-pyrrole nitrogens is 1. The van der Waals surface area contributed by atoms with Crippen molar-refractivity contribution in [1.29, 1.82) is 5.41 Å². The molecular formula is C18H13BrN4O2. The van der Waals surface area contributed by atoms with Crippen LogP contribution in [-0.4, -0.2) is 15.7 Å². The summed E-state index contributed by atoms with van der Waals surface area (Å²) >= 11 is 3.43. The molecule has 0 unspecified atom stereocenters. The number of nitrogens with zero attached hydrogens (tertiary/aromatic N) is 1. The van der Waals surface area contributed by atoms with Crippen molar-refractivity contribution in [3.05, 3.63) is 56.8 Å². The number of aromatic amines is 1. The van der Waals surface area contributed by atoms with E-state index in [4.69, 9.17) is 15.6 Å². The van der Waals surface area contributed by atoms with Gasteiger partial charge in [0.05, 0.1) is 0 Å². The van der Waals surface area contributed by atoms with Crippen LogP contribution in [0.15, 0.2) is 50.1 Å². The highest BCUT2D eigenvalue weighted by Gasteiger charge is 2.15. The molecule has 4 N–H and O–H groups in total. The maximum absolute atomic E-state index is 12.4. The van der Waals surface area contributed by atoms with Gasteiger partial charge in [-0.05, 0) is 43.3 Å². The third-order valence-electron chi connectivity index (χ3n) is 4.02. The molecule has 0 saturated heterocycles. The van der Waals surface area contributed by atoms with Crippen molar-refractivity contribution in [3.63, 3.8) is 0 Å². The lowest BCUT2D eigenvalue weighted by Gasteiger charge is -2.07. The van der Waals surface area contributed by atoms with Gasteiger partial charge in [0, 0.05) is 32.4 Å². The number of aromatic nitrogens is 2. The number of nitrogens with one attached hydrogen (secondary N) is 2. The number of anilines is 1. The van der Waals surface area contributed by atoms with Gasteiger partial charge >= 0.3 is 0 Å². The average molecular weight is 397 g/mol. The molecule has 4 aromatic rings. The van der Waals surface area contributed by atoms with Crippen LogP contribution in [0.2, 0.25) is 0 Å². The second-order valence-corrected chi connectivity index (χ2v) is 6.68. The normalized spacial score (nSPS) is 11.3. The smallest absolute Gasteiger partial charge is 0.294 e. The fourth-order valence-corrected chi connectivity index (χ4v) is 3.15. The molecule has 6 nitrogen and oxygen atoms in total. The number of fused-ring (bicyclic) bond motifs is 3. The lowest BCUT2D eigenvalue weighted by molar-refractivity contribution is 0.661. The first-order chi connectivity index (χ1) is 11.9. The second-order valence-electron chi connectivity index (χ2n) is 5.76. The summed E-state index contributed by atoms with van der Waals surface area (Å²) in [4.78, 5) is 19.8. The van der Waals surface area contributed by atoms with Gasteiger partial charge < -0.3 is 20.5 Å². The Kier molecular flexibility index (Phi) is 3.47. The van der Waals surface area contributed by atoms with Crippen LogP contribution in [0.5, 0.6) is 0 Å². The van der Waals surface area contributed by atoms with Crippen molar-refractivity contribution in [1.82, 2.24) is 9.97 Å². The predicted molar refractivity (Wildman–Crippen MR) is 102 cm³/mol. The molecule has 0 spiro atoms. The molecule has 0 radical (unpaired) electrons. The Morgan fingerprint density at radius 3 is 2.84 bits per heavy atom. The molecule has 4 rings (SSSR count). The molecule has 0 aliphatic rings. The summed E-state index contributed by atoms with van der Waals surface area (Å²) in [5.74, 6) is 0.405. The first kappa shape index (κ1) is 15.6.